The maximum absolute atomic E-state index is 5.71. The zero-order chi connectivity index (χ0) is 13.3. The predicted octanol–water partition coefficient (Wildman–Crippen LogP) is 2.64. The molecule has 1 fully saturated rings. The van der Waals surface area contributed by atoms with Crippen molar-refractivity contribution in [3.63, 3.8) is 0 Å². The van der Waals surface area contributed by atoms with E-state index in [9.17, 15) is 0 Å². The highest BCUT2D eigenvalue weighted by atomic mass is 32.2. The van der Waals surface area contributed by atoms with E-state index in [0.29, 0.717) is 12.6 Å². The first-order valence-corrected chi connectivity index (χ1v) is 8.27. The molecule has 0 spiro atoms. The number of rotatable bonds is 7. The summed E-state index contributed by atoms with van der Waals surface area (Å²) in [6, 6.07) is 0.704. The second-order valence-corrected chi connectivity index (χ2v) is 5.65. The summed E-state index contributed by atoms with van der Waals surface area (Å²) in [5, 5.41) is 4.53. The van der Waals surface area contributed by atoms with E-state index < -0.39 is 0 Å². The molecule has 0 aliphatic carbocycles. The van der Waals surface area contributed by atoms with Crippen LogP contribution in [0.4, 0.5) is 0 Å². The molecule has 106 valence electrons. The summed E-state index contributed by atoms with van der Waals surface area (Å²) < 4.78 is 5.71. The van der Waals surface area contributed by atoms with Crippen LogP contribution in [0.15, 0.2) is 17.4 Å². The maximum Gasteiger partial charge on any atom is 0.120 e. The lowest BCUT2D eigenvalue weighted by molar-refractivity contribution is 0.109. The Kier molecular flexibility index (Phi) is 6.61. The summed E-state index contributed by atoms with van der Waals surface area (Å²) in [7, 11) is 0. The molecule has 1 atom stereocenters. The first-order chi connectivity index (χ1) is 9.40. The fourth-order valence-electron chi connectivity index (χ4n) is 2.39. The third-order valence-corrected chi connectivity index (χ3v) is 4.15. The Hall–Kier alpha value is -0.650. The van der Waals surface area contributed by atoms with Gasteiger partial charge in [-0.3, -0.25) is 4.98 Å². The Labute approximate surface area is 119 Å². The summed E-state index contributed by atoms with van der Waals surface area (Å²) >= 11 is 1.62. The Morgan fingerprint density at radius 2 is 2.26 bits per heavy atom. The molecule has 1 aliphatic rings. The van der Waals surface area contributed by atoms with Crippen molar-refractivity contribution in [3.8, 4) is 0 Å². The third kappa shape index (κ3) is 5.09. The van der Waals surface area contributed by atoms with Gasteiger partial charge in [-0.05, 0) is 38.5 Å². The van der Waals surface area contributed by atoms with Crippen LogP contribution in [0.5, 0.6) is 0 Å². The van der Waals surface area contributed by atoms with Crippen molar-refractivity contribution in [3.05, 3.63) is 18.1 Å². The number of ether oxygens (including phenoxy) is 1. The monoisotopic (exact) mass is 281 g/mol. The molecule has 1 unspecified atom stereocenters. The van der Waals surface area contributed by atoms with Gasteiger partial charge < -0.3 is 10.1 Å². The van der Waals surface area contributed by atoms with Gasteiger partial charge in [-0.2, -0.15) is 0 Å². The summed E-state index contributed by atoms with van der Waals surface area (Å²) in [6.45, 7) is 2.56. The second-order valence-electron chi connectivity index (χ2n) is 4.85. The minimum absolute atomic E-state index is 0.572. The van der Waals surface area contributed by atoms with Gasteiger partial charge in [-0.1, -0.05) is 6.42 Å². The number of hydrogen-bond acceptors (Lipinski definition) is 5. The number of thioether (sulfide) groups is 1. The quantitative estimate of drug-likeness (QED) is 0.615. The molecule has 1 aromatic rings. The first kappa shape index (κ1) is 14.8. The zero-order valence-electron chi connectivity index (χ0n) is 11.6. The lowest BCUT2D eigenvalue weighted by atomic mass is 10.0. The van der Waals surface area contributed by atoms with Crippen LogP contribution in [0, 0.1) is 0 Å². The molecule has 19 heavy (non-hydrogen) atoms. The maximum atomic E-state index is 5.71. The van der Waals surface area contributed by atoms with Gasteiger partial charge in [0.25, 0.3) is 0 Å². The Balaban J connectivity index is 1.61. The van der Waals surface area contributed by atoms with Crippen LogP contribution < -0.4 is 5.32 Å². The molecule has 0 radical (unpaired) electrons. The molecule has 5 heteroatoms. The highest BCUT2D eigenvalue weighted by molar-refractivity contribution is 7.98. The van der Waals surface area contributed by atoms with Gasteiger partial charge in [0.1, 0.15) is 5.03 Å². The molecular weight excluding hydrogens is 258 g/mol. The Morgan fingerprint density at radius 3 is 3.05 bits per heavy atom. The summed E-state index contributed by atoms with van der Waals surface area (Å²) in [6.07, 6.45) is 11.8. The molecule has 0 aromatic carbocycles. The van der Waals surface area contributed by atoms with Gasteiger partial charge in [0.05, 0.1) is 12.3 Å². The van der Waals surface area contributed by atoms with Crippen molar-refractivity contribution in [2.45, 2.75) is 49.8 Å². The summed E-state index contributed by atoms with van der Waals surface area (Å²) in [4.78, 5) is 8.60. The number of hydrogen-bond donors (Lipinski definition) is 1. The molecule has 0 saturated carbocycles. The summed E-state index contributed by atoms with van der Waals surface area (Å²) in [5.74, 6) is 0. The molecule has 1 saturated heterocycles. The summed E-state index contributed by atoms with van der Waals surface area (Å²) in [5.41, 5.74) is 0.950. The molecule has 1 aromatic heterocycles. The van der Waals surface area contributed by atoms with Crippen LogP contribution in [-0.4, -0.2) is 35.4 Å². The highest BCUT2D eigenvalue weighted by Gasteiger charge is 2.11. The Bertz CT molecular complexity index is 369. The minimum Gasteiger partial charge on any atom is -0.375 e. The van der Waals surface area contributed by atoms with Gasteiger partial charge in [0, 0.05) is 25.0 Å². The SMILES string of the molecule is CSc1nccnc1COCCCC1CCCCN1. The van der Waals surface area contributed by atoms with Crippen LogP contribution in [0.1, 0.15) is 37.8 Å². The first-order valence-electron chi connectivity index (χ1n) is 7.05. The van der Waals surface area contributed by atoms with E-state index in [0.717, 1.165) is 23.7 Å². The molecule has 0 bridgehead atoms. The number of piperidine rings is 1. The fourth-order valence-corrected chi connectivity index (χ4v) is 2.91. The zero-order valence-corrected chi connectivity index (χ0v) is 12.4. The average Bonchev–Trinajstić information content (AvgIpc) is 2.48. The van der Waals surface area contributed by atoms with Gasteiger partial charge in [0.2, 0.25) is 0 Å². The van der Waals surface area contributed by atoms with Crippen molar-refractivity contribution in [2.75, 3.05) is 19.4 Å². The van der Waals surface area contributed by atoms with Crippen LogP contribution in [-0.2, 0) is 11.3 Å². The van der Waals surface area contributed by atoms with Crippen molar-refractivity contribution in [1.82, 2.24) is 15.3 Å². The normalized spacial score (nSPS) is 19.5. The smallest absolute Gasteiger partial charge is 0.120 e. The van der Waals surface area contributed by atoms with E-state index in [2.05, 4.69) is 15.3 Å². The fraction of sp³-hybridized carbons (Fsp3) is 0.714. The molecule has 1 N–H and O–H groups in total. The van der Waals surface area contributed by atoms with E-state index in [4.69, 9.17) is 4.74 Å². The van der Waals surface area contributed by atoms with Crippen LogP contribution >= 0.6 is 11.8 Å². The molecular formula is C14H23N3OS. The van der Waals surface area contributed by atoms with E-state index in [-0.39, 0.29) is 0 Å². The van der Waals surface area contributed by atoms with Crippen molar-refractivity contribution in [1.29, 1.82) is 0 Å². The molecule has 4 nitrogen and oxygen atoms in total. The number of nitrogens with zero attached hydrogens (tertiary/aromatic N) is 2. The van der Waals surface area contributed by atoms with Crippen molar-refractivity contribution < 1.29 is 4.74 Å². The average molecular weight is 281 g/mol. The molecule has 2 rings (SSSR count). The predicted molar refractivity (Wildman–Crippen MR) is 78.3 cm³/mol. The largest absolute Gasteiger partial charge is 0.375 e. The number of aromatic nitrogens is 2. The van der Waals surface area contributed by atoms with Gasteiger partial charge in [-0.15, -0.1) is 11.8 Å². The van der Waals surface area contributed by atoms with Crippen molar-refractivity contribution >= 4 is 11.8 Å². The third-order valence-electron chi connectivity index (χ3n) is 3.42. The van der Waals surface area contributed by atoms with Gasteiger partial charge >= 0.3 is 0 Å². The van der Waals surface area contributed by atoms with Crippen molar-refractivity contribution in [2.24, 2.45) is 0 Å². The molecule has 2 heterocycles. The number of nitrogens with one attached hydrogen (secondary N) is 1. The van der Waals surface area contributed by atoms with E-state index in [1.807, 2.05) is 6.26 Å². The Morgan fingerprint density at radius 1 is 1.37 bits per heavy atom. The van der Waals surface area contributed by atoms with Crippen LogP contribution in [0.25, 0.3) is 0 Å². The van der Waals surface area contributed by atoms with E-state index in [1.54, 1.807) is 24.2 Å². The van der Waals surface area contributed by atoms with Gasteiger partial charge in [-0.25, -0.2) is 4.98 Å². The topological polar surface area (TPSA) is 47.0 Å². The van der Waals surface area contributed by atoms with E-state index >= 15 is 0 Å². The standard InChI is InChI=1S/C14H23N3OS/c1-19-14-13(16-8-9-17-14)11-18-10-4-6-12-5-2-3-7-15-12/h8-9,12,15H,2-7,10-11H2,1H3. The molecule has 0 amide bonds. The van der Waals surface area contributed by atoms with Gasteiger partial charge in [0.15, 0.2) is 0 Å². The second kappa shape index (κ2) is 8.51. The highest BCUT2D eigenvalue weighted by Crippen LogP contribution is 2.16. The van der Waals surface area contributed by atoms with Crippen LogP contribution in [0.3, 0.4) is 0 Å². The molecule has 1 aliphatic heterocycles. The lowest BCUT2D eigenvalue weighted by Crippen LogP contribution is -2.33. The minimum atomic E-state index is 0.572. The van der Waals surface area contributed by atoms with Crippen LogP contribution in [0.2, 0.25) is 0 Å². The van der Waals surface area contributed by atoms with E-state index in [1.165, 1.54) is 32.2 Å². The lowest BCUT2D eigenvalue weighted by Gasteiger charge is -2.23.